The van der Waals surface area contributed by atoms with Gasteiger partial charge >= 0.3 is 5.97 Å². The standard InChI is InChI=1S/C24H18N2O4/c1-16-14-21(28)22(24(29)30-16)20(27)13-12-18-15-26(19-10-6-3-7-11-19)25-23(18)17-8-4-2-5-9-17/h2-15,22H,1H3. The first-order chi connectivity index (χ1) is 14.5. The van der Waals surface area contributed by atoms with Crippen molar-refractivity contribution >= 4 is 23.6 Å². The van der Waals surface area contributed by atoms with Gasteiger partial charge in [0.25, 0.3) is 0 Å². The van der Waals surface area contributed by atoms with Crippen LogP contribution in [0, 0.1) is 5.92 Å². The van der Waals surface area contributed by atoms with Crippen LogP contribution in [-0.2, 0) is 19.1 Å². The maximum atomic E-state index is 12.6. The summed E-state index contributed by atoms with van der Waals surface area (Å²) in [6, 6.07) is 19.1. The Morgan fingerprint density at radius 3 is 2.37 bits per heavy atom. The minimum atomic E-state index is -1.46. The van der Waals surface area contributed by atoms with Gasteiger partial charge in [-0.15, -0.1) is 0 Å². The number of para-hydroxylation sites is 1. The minimum Gasteiger partial charge on any atom is -0.430 e. The molecule has 6 nitrogen and oxygen atoms in total. The highest BCUT2D eigenvalue weighted by Crippen LogP contribution is 2.25. The molecule has 2 heterocycles. The number of hydrogen-bond donors (Lipinski definition) is 0. The molecule has 30 heavy (non-hydrogen) atoms. The van der Waals surface area contributed by atoms with Gasteiger partial charge in [-0.05, 0) is 31.2 Å². The fourth-order valence-electron chi connectivity index (χ4n) is 3.21. The highest BCUT2D eigenvalue weighted by atomic mass is 16.5. The first-order valence-corrected chi connectivity index (χ1v) is 9.39. The molecule has 1 aliphatic rings. The van der Waals surface area contributed by atoms with Crippen LogP contribution in [0.3, 0.4) is 0 Å². The molecule has 0 fully saturated rings. The number of nitrogens with zero attached hydrogens (tertiary/aromatic N) is 2. The summed E-state index contributed by atoms with van der Waals surface area (Å²) >= 11 is 0. The van der Waals surface area contributed by atoms with Crippen LogP contribution in [0.1, 0.15) is 12.5 Å². The third-order valence-corrected chi connectivity index (χ3v) is 4.65. The average molecular weight is 398 g/mol. The first-order valence-electron chi connectivity index (χ1n) is 9.39. The van der Waals surface area contributed by atoms with E-state index in [1.165, 1.54) is 19.1 Å². The zero-order chi connectivity index (χ0) is 21.1. The average Bonchev–Trinajstić information content (AvgIpc) is 3.17. The largest absolute Gasteiger partial charge is 0.430 e. The van der Waals surface area contributed by atoms with E-state index in [0.717, 1.165) is 11.3 Å². The summed E-state index contributed by atoms with van der Waals surface area (Å²) in [5, 5.41) is 4.67. The Kier molecular flexibility index (Phi) is 5.22. The zero-order valence-corrected chi connectivity index (χ0v) is 16.2. The molecule has 3 aromatic rings. The molecule has 148 valence electrons. The van der Waals surface area contributed by atoms with Crippen molar-refractivity contribution in [2.45, 2.75) is 6.92 Å². The lowest BCUT2D eigenvalue weighted by Crippen LogP contribution is -2.34. The molecule has 0 bridgehead atoms. The van der Waals surface area contributed by atoms with E-state index in [1.807, 2.05) is 60.7 Å². The summed E-state index contributed by atoms with van der Waals surface area (Å²) < 4.78 is 6.65. The number of ether oxygens (including phenoxy) is 1. The number of rotatable bonds is 5. The Morgan fingerprint density at radius 2 is 1.70 bits per heavy atom. The van der Waals surface area contributed by atoms with Crippen molar-refractivity contribution in [3.63, 3.8) is 0 Å². The molecule has 2 aromatic carbocycles. The van der Waals surface area contributed by atoms with E-state index in [9.17, 15) is 14.4 Å². The number of allylic oxidation sites excluding steroid dienone is 3. The molecule has 6 heteroatoms. The number of ketones is 2. The lowest BCUT2D eigenvalue weighted by molar-refractivity contribution is -0.151. The molecule has 0 saturated carbocycles. The number of carbonyl (C=O) groups excluding carboxylic acids is 3. The third kappa shape index (κ3) is 3.89. The van der Waals surface area contributed by atoms with Crippen molar-refractivity contribution < 1.29 is 19.1 Å². The van der Waals surface area contributed by atoms with E-state index < -0.39 is 23.5 Å². The molecule has 0 amide bonds. The van der Waals surface area contributed by atoms with Crippen LogP contribution in [-0.4, -0.2) is 27.3 Å². The van der Waals surface area contributed by atoms with Crippen LogP contribution < -0.4 is 0 Å². The minimum absolute atomic E-state index is 0.188. The molecule has 1 aromatic heterocycles. The summed E-state index contributed by atoms with van der Waals surface area (Å²) in [6.45, 7) is 1.50. The fraction of sp³-hybridized carbons (Fsp3) is 0.0833. The lowest BCUT2D eigenvalue weighted by Gasteiger charge is -2.15. The topological polar surface area (TPSA) is 78.3 Å². The molecule has 0 saturated heterocycles. The van der Waals surface area contributed by atoms with E-state index in [1.54, 1.807) is 17.0 Å². The van der Waals surface area contributed by atoms with Gasteiger partial charge in [-0.3, -0.25) is 14.4 Å². The van der Waals surface area contributed by atoms with Gasteiger partial charge in [0.15, 0.2) is 17.5 Å². The smallest absolute Gasteiger partial charge is 0.329 e. The second kappa shape index (κ2) is 8.13. The lowest BCUT2D eigenvalue weighted by atomic mass is 9.95. The number of hydrogen-bond acceptors (Lipinski definition) is 5. The SMILES string of the molecule is CC1=CC(=O)C(C(=O)C=Cc2cn(-c3ccccc3)nc2-c2ccccc2)C(=O)O1. The second-order valence-electron chi connectivity index (χ2n) is 6.83. The quantitative estimate of drug-likeness (QED) is 0.371. The van der Waals surface area contributed by atoms with Gasteiger partial charge in [-0.1, -0.05) is 48.5 Å². The van der Waals surface area contributed by atoms with Crippen molar-refractivity contribution in [3.05, 3.63) is 90.3 Å². The van der Waals surface area contributed by atoms with Crippen LogP contribution >= 0.6 is 0 Å². The predicted molar refractivity (Wildman–Crippen MR) is 111 cm³/mol. The Morgan fingerprint density at radius 1 is 1.03 bits per heavy atom. The van der Waals surface area contributed by atoms with Crippen LogP contribution in [0.4, 0.5) is 0 Å². The summed E-state index contributed by atoms with van der Waals surface area (Å²) in [4.78, 5) is 36.6. The van der Waals surface area contributed by atoms with E-state index in [-0.39, 0.29) is 5.76 Å². The van der Waals surface area contributed by atoms with Gasteiger partial charge in [-0.2, -0.15) is 5.10 Å². The summed E-state index contributed by atoms with van der Waals surface area (Å²) in [5.74, 6) is -3.32. The van der Waals surface area contributed by atoms with E-state index >= 15 is 0 Å². The van der Waals surface area contributed by atoms with Gasteiger partial charge < -0.3 is 4.74 Å². The third-order valence-electron chi connectivity index (χ3n) is 4.65. The number of esters is 1. The number of benzene rings is 2. The summed E-state index contributed by atoms with van der Waals surface area (Å²) in [7, 11) is 0. The Balaban J connectivity index is 1.69. The molecule has 1 atom stereocenters. The number of carbonyl (C=O) groups is 3. The summed E-state index contributed by atoms with van der Waals surface area (Å²) in [5.41, 5.74) is 3.11. The first kappa shape index (κ1) is 19.3. The Bertz CT molecular complexity index is 1170. The molecular formula is C24H18N2O4. The molecule has 1 aliphatic heterocycles. The van der Waals surface area contributed by atoms with Gasteiger partial charge in [0.2, 0.25) is 0 Å². The molecule has 1 unspecified atom stereocenters. The fourth-order valence-corrected chi connectivity index (χ4v) is 3.21. The molecule has 0 radical (unpaired) electrons. The Labute approximate surface area is 173 Å². The maximum Gasteiger partial charge on any atom is 0.329 e. The van der Waals surface area contributed by atoms with E-state index in [4.69, 9.17) is 4.74 Å². The van der Waals surface area contributed by atoms with Crippen LogP contribution in [0.25, 0.3) is 23.0 Å². The highest BCUT2D eigenvalue weighted by Gasteiger charge is 2.36. The van der Waals surface area contributed by atoms with Crippen LogP contribution in [0.5, 0.6) is 0 Å². The van der Waals surface area contributed by atoms with Crippen molar-refractivity contribution in [1.29, 1.82) is 0 Å². The Hall–Kier alpha value is -4.06. The van der Waals surface area contributed by atoms with Crippen molar-refractivity contribution in [1.82, 2.24) is 9.78 Å². The van der Waals surface area contributed by atoms with Crippen molar-refractivity contribution in [3.8, 4) is 16.9 Å². The van der Waals surface area contributed by atoms with Crippen molar-refractivity contribution in [2.75, 3.05) is 0 Å². The predicted octanol–water partition coefficient (Wildman–Crippen LogP) is 3.77. The summed E-state index contributed by atoms with van der Waals surface area (Å²) in [6.07, 6.45) is 5.77. The highest BCUT2D eigenvalue weighted by molar-refractivity contribution is 6.25. The van der Waals surface area contributed by atoms with Crippen LogP contribution in [0.15, 0.2) is 84.8 Å². The van der Waals surface area contributed by atoms with Crippen molar-refractivity contribution in [2.24, 2.45) is 5.92 Å². The molecule has 0 N–H and O–H groups in total. The van der Waals surface area contributed by atoms with Gasteiger partial charge in [-0.25, -0.2) is 4.68 Å². The number of aromatic nitrogens is 2. The zero-order valence-electron chi connectivity index (χ0n) is 16.2. The van der Waals surface area contributed by atoms with E-state index in [2.05, 4.69) is 5.10 Å². The second-order valence-corrected chi connectivity index (χ2v) is 6.83. The van der Waals surface area contributed by atoms with Gasteiger partial charge in [0, 0.05) is 23.4 Å². The normalized spacial score (nSPS) is 16.4. The monoisotopic (exact) mass is 398 g/mol. The maximum absolute atomic E-state index is 12.6. The van der Waals surface area contributed by atoms with Gasteiger partial charge in [0.05, 0.1) is 11.4 Å². The van der Waals surface area contributed by atoms with Crippen LogP contribution in [0.2, 0.25) is 0 Å². The molecular weight excluding hydrogens is 380 g/mol. The molecule has 0 spiro atoms. The van der Waals surface area contributed by atoms with Gasteiger partial charge in [0.1, 0.15) is 5.76 Å². The van der Waals surface area contributed by atoms with E-state index in [0.29, 0.717) is 11.3 Å². The molecule has 4 rings (SSSR count). The number of cyclic esters (lactones) is 1. The molecule has 0 aliphatic carbocycles.